The van der Waals surface area contributed by atoms with Gasteiger partial charge in [-0.25, -0.2) is 0 Å². The van der Waals surface area contributed by atoms with Crippen LogP contribution in [0, 0.1) is 0 Å². The largest absolute Gasteiger partial charge is 0.490 e. The molecule has 6 nitrogen and oxygen atoms in total. The van der Waals surface area contributed by atoms with Crippen LogP contribution >= 0.6 is 35.6 Å². The second-order valence-corrected chi connectivity index (χ2v) is 8.10. The van der Waals surface area contributed by atoms with Crippen LogP contribution in [0.4, 0.5) is 0 Å². The van der Waals surface area contributed by atoms with E-state index in [1.54, 1.807) is 48.5 Å². The van der Waals surface area contributed by atoms with Gasteiger partial charge < -0.3 is 9.47 Å². The van der Waals surface area contributed by atoms with Gasteiger partial charge in [0.1, 0.15) is 0 Å². The molecular weight excluding hydrogens is 444 g/mol. The van der Waals surface area contributed by atoms with Gasteiger partial charge in [-0.05, 0) is 62.0 Å². The van der Waals surface area contributed by atoms with Gasteiger partial charge in [-0.15, -0.1) is 0 Å². The first-order valence-corrected chi connectivity index (χ1v) is 10.8. The molecule has 2 aromatic rings. The monoisotopic (exact) mass is 462 g/mol. The number of thioether (sulfide) groups is 1. The van der Waals surface area contributed by atoms with Crippen molar-refractivity contribution < 1.29 is 19.1 Å². The van der Waals surface area contributed by atoms with E-state index >= 15 is 0 Å². The summed E-state index contributed by atoms with van der Waals surface area (Å²) in [6, 6.07) is 12.0. The SMILES string of the molecule is CCOc1cc(C=C2SC(=S)N(NC(=O)c3ccccc3)C2=O)cc(Cl)c1OCC. The number of hydrazine groups is 1. The highest BCUT2D eigenvalue weighted by Crippen LogP contribution is 2.39. The van der Waals surface area contributed by atoms with Crippen LogP contribution in [0.15, 0.2) is 47.4 Å². The molecule has 1 N–H and O–H groups in total. The molecule has 0 atom stereocenters. The van der Waals surface area contributed by atoms with Crippen molar-refractivity contribution in [3.05, 3.63) is 63.5 Å². The summed E-state index contributed by atoms with van der Waals surface area (Å²) in [6.07, 6.45) is 1.65. The molecular formula is C21H19ClN2O4S2. The highest BCUT2D eigenvalue weighted by Gasteiger charge is 2.34. The van der Waals surface area contributed by atoms with E-state index < -0.39 is 11.8 Å². The molecule has 1 fully saturated rings. The van der Waals surface area contributed by atoms with Crippen molar-refractivity contribution in [2.45, 2.75) is 13.8 Å². The van der Waals surface area contributed by atoms with Gasteiger partial charge in [0.05, 0.1) is 23.1 Å². The lowest BCUT2D eigenvalue weighted by molar-refractivity contribution is -0.123. The minimum atomic E-state index is -0.420. The second kappa shape index (κ2) is 9.97. The summed E-state index contributed by atoms with van der Waals surface area (Å²) in [6.45, 7) is 4.60. The number of rotatable bonds is 7. The Morgan fingerprint density at radius 2 is 1.90 bits per heavy atom. The van der Waals surface area contributed by atoms with Gasteiger partial charge in [0.2, 0.25) is 0 Å². The summed E-state index contributed by atoms with van der Waals surface area (Å²) < 4.78 is 11.4. The number of carbonyl (C=O) groups excluding carboxylic acids is 2. The maximum atomic E-state index is 12.8. The number of ether oxygens (including phenoxy) is 2. The van der Waals surface area contributed by atoms with Crippen molar-refractivity contribution >= 4 is 57.8 Å². The lowest BCUT2D eigenvalue weighted by Gasteiger charge is -2.15. The number of carbonyl (C=O) groups is 2. The van der Waals surface area contributed by atoms with Gasteiger partial charge in [0.15, 0.2) is 15.8 Å². The lowest BCUT2D eigenvalue weighted by atomic mass is 10.2. The standard InChI is InChI=1S/C21H19ClN2O4S2/c1-3-27-16-11-13(10-15(22)18(16)28-4-2)12-17-20(26)24(21(29)30-17)23-19(25)14-8-6-5-7-9-14/h5-12H,3-4H2,1-2H3,(H,23,25). The summed E-state index contributed by atoms with van der Waals surface area (Å²) in [4.78, 5) is 25.5. The fraction of sp³-hybridized carbons (Fsp3) is 0.190. The van der Waals surface area contributed by atoms with Crippen molar-refractivity contribution in [1.29, 1.82) is 0 Å². The van der Waals surface area contributed by atoms with Crippen molar-refractivity contribution in [3.63, 3.8) is 0 Å². The van der Waals surface area contributed by atoms with Crippen LogP contribution in [0.3, 0.4) is 0 Å². The number of benzene rings is 2. The molecule has 2 amide bonds. The van der Waals surface area contributed by atoms with Gasteiger partial charge in [-0.1, -0.05) is 41.6 Å². The smallest absolute Gasteiger partial charge is 0.285 e. The molecule has 9 heteroatoms. The molecule has 1 heterocycles. The van der Waals surface area contributed by atoms with Crippen LogP contribution < -0.4 is 14.9 Å². The second-order valence-electron chi connectivity index (χ2n) is 6.02. The van der Waals surface area contributed by atoms with Crippen LogP contribution in [-0.2, 0) is 4.79 Å². The first kappa shape index (κ1) is 22.1. The highest BCUT2D eigenvalue weighted by atomic mass is 35.5. The van der Waals surface area contributed by atoms with Gasteiger partial charge >= 0.3 is 0 Å². The van der Waals surface area contributed by atoms with Crippen LogP contribution in [0.25, 0.3) is 6.08 Å². The Morgan fingerprint density at radius 3 is 2.57 bits per heavy atom. The Hall–Kier alpha value is -2.55. The maximum absolute atomic E-state index is 12.8. The summed E-state index contributed by atoms with van der Waals surface area (Å²) in [5.41, 5.74) is 3.63. The molecule has 30 heavy (non-hydrogen) atoms. The predicted octanol–water partition coefficient (Wildman–Crippen LogP) is 4.68. The van der Waals surface area contributed by atoms with E-state index in [0.717, 1.165) is 16.8 Å². The average molecular weight is 463 g/mol. The number of hydrogen-bond donors (Lipinski definition) is 1. The van der Waals surface area contributed by atoms with E-state index in [1.165, 1.54) is 0 Å². The van der Waals surface area contributed by atoms with E-state index in [4.69, 9.17) is 33.3 Å². The molecule has 0 bridgehead atoms. The molecule has 0 saturated carbocycles. The third-order valence-corrected chi connectivity index (χ3v) is 5.54. The molecule has 0 spiro atoms. The predicted molar refractivity (Wildman–Crippen MR) is 123 cm³/mol. The molecule has 0 unspecified atom stereocenters. The molecule has 0 radical (unpaired) electrons. The fourth-order valence-corrected chi connectivity index (χ4v) is 4.14. The summed E-state index contributed by atoms with van der Waals surface area (Å²) in [7, 11) is 0. The normalized spacial score (nSPS) is 14.9. The van der Waals surface area contributed by atoms with Crippen LogP contribution in [-0.4, -0.2) is 34.4 Å². The zero-order chi connectivity index (χ0) is 21.7. The van der Waals surface area contributed by atoms with Crippen LogP contribution in [0.5, 0.6) is 11.5 Å². The van der Waals surface area contributed by atoms with E-state index in [1.807, 2.05) is 13.8 Å². The van der Waals surface area contributed by atoms with Crippen LogP contribution in [0.2, 0.25) is 5.02 Å². The average Bonchev–Trinajstić information content (AvgIpc) is 2.98. The number of halogens is 1. The fourth-order valence-electron chi connectivity index (χ4n) is 2.69. The molecule has 3 rings (SSSR count). The molecule has 2 aromatic carbocycles. The Morgan fingerprint density at radius 1 is 1.20 bits per heavy atom. The number of nitrogens with zero attached hydrogens (tertiary/aromatic N) is 1. The summed E-state index contributed by atoms with van der Waals surface area (Å²) in [5, 5.41) is 1.45. The maximum Gasteiger partial charge on any atom is 0.285 e. The van der Waals surface area contributed by atoms with Crippen molar-refractivity contribution in [2.75, 3.05) is 13.2 Å². The lowest BCUT2D eigenvalue weighted by Crippen LogP contribution is -2.44. The number of thiocarbonyl (C=S) groups is 1. The summed E-state index contributed by atoms with van der Waals surface area (Å²) >= 11 is 12.7. The summed E-state index contributed by atoms with van der Waals surface area (Å²) in [5.74, 6) is 0.111. The highest BCUT2D eigenvalue weighted by molar-refractivity contribution is 8.26. The van der Waals surface area contributed by atoms with E-state index in [-0.39, 0.29) is 4.32 Å². The first-order valence-electron chi connectivity index (χ1n) is 9.17. The first-order chi connectivity index (χ1) is 14.4. The van der Waals surface area contributed by atoms with Crippen molar-refractivity contribution in [2.24, 2.45) is 0 Å². The molecule has 0 aromatic heterocycles. The van der Waals surface area contributed by atoms with E-state index in [9.17, 15) is 9.59 Å². The minimum absolute atomic E-state index is 0.234. The zero-order valence-corrected chi connectivity index (χ0v) is 18.7. The topological polar surface area (TPSA) is 67.9 Å². The minimum Gasteiger partial charge on any atom is -0.490 e. The Labute approximate surface area is 189 Å². The van der Waals surface area contributed by atoms with E-state index in [2.05, 4.69) is 5.43 Å². The van der Waals surface area contributed by atoms with Gasteiger partial charge in [0, 0.05) is 5.56 Å². The Balaban J connectivity index is 1.84. The molecule has 0 aliphatic carbocycles. The van der Waals surface area contributed by atoms with Gasteiger partial charge in [0.25, 0.3) is 11.8 Å². The van der Waals surface area contributed by atoms with Gasteiger partial charge in [-0.3, -0.25) is 15.0 Å². The molecule has 1 saturated heterocycles. The molecule has 1 aliphatic heterocycles. The number of hydrogen-bond acceptors (Lipinski definition) is 6. The third kappa shape index (κ3) is 4.95. The number of nitrogens with one attached hydrogen (secondary N) is 1. The quantitative estimate of drug-likeness (QED) is 0.476. The Bertz CT molecular complexity index is 1010. The molecule has 1 aliphatic rings. The van der Waals surface area contributed by atoms with Crippen LogP contribution in [0.1, 0.15) is 29.8 Å². The van der Waals surface area contributed by atoms with E-state index in [0.29, 0.717) is 45.8 Å². The Kier molecular flexibility index (Phi) is 7.36. The number of amides is 2. The van der Waals surface area contributed by atoms with Crippen molar-refractivity contribution in [3.8, 4) is 11.5 Å². The zero-order valence-electron chi connectivity index (χ0n) is 16.3. The third-order valence-electron chi connectivity index (χ3n) is 3.96. The van der Waals surface area contributed by atoms with Gasteiger partial charge in [-0.2, -0.15) is 5.01 Å². The molecule has 156 valence electrons. The van der Waals surface area contributed by atoms with Crippen molar-refractivity contribution in [1.82, 2.24) is 10.4 Å².